The molecule has 21 heavy (non-hydrogen) atoms. The first-order chi connectivity index (χ1) is 10.3. The molecule has 2 aromatic heterocycles. The number of hydrogen-bond donors (Lipinski definition) is 0. The summed E-state index contributed by atoms with van der Waals surface area (Å²) in [7, 11) is 0. The molecule has 3 aromatic rings. The molecule has 1 fully saturated rings. The number of nitrogens with zero attached hydrogens (tertiary/aromatic N) is 4. The molecule has 4 rings (SSSR count). The average molecular weight is 280 g/mol. The van der Waals surface area contributed by atoms with Crippen molar-refractivity contribution in [3.8, 4) is 11.3 Å². The van der Waals surface area contributed by atoms with E-state index >= 15 is 0 Å². The van der Waals surface area contributed by atoms with Crippen LogP contribution in [0, 0.1) is 6.92 Å². The second kappa shape index (κ2) is 4.84. The van der Waals surface area contributed by atoms with Gasteiger partial charge in [0, 0.05) is 18.7 Å². The lowest BCUT2D eigenvalue weighted by Crippen LogP contribution is -2.19. The fraction of sp³-hybridized carbons (Fsp3) is 0.312. The molecule has 106 valence electrons. The predicted molar refractivity (Wildman–Crippen MR) is 81.2 cm³/mol. The van der Waals surface area contributed by atoms with Crippen molar-refractivity contribution in [3.05, 3.63) is 36.2 Å². The summed E-state index contributed by atoms with van der Waals surface area (Å²) in [6, 6.07) is 8.18. The van der Waals surface area contributed by atoms with Gasteiger partial charge in [-0.15, -0.1) is 0 Å². The molecule has 0 amide bonds. The number of anilines is 1. The molecule has 0 N–H and O–H groups in total. The molecule has 0 spiro atoms. The Balaban J connectivity index is 1.96. The zero-order valence-electron chi connectivity index (χ0n) is 11.9. The minimum atomic E-state index is 0.560. The van der Waals surface area contributed by atoms with Crippen LogP contribution >= 0.6 is 0 Å². The molecule has 5 heteroatoms. The summed E-state index contributed by atoms with van der Waals surface area (Å²) in [5, 5.41) is 5.18. The van der Waals surface area contributed by atoms with Crippen LogP contribution in [-0.4, -0.2) is 28.2 Å². The van der Waals surface area contributed by atoms with Crippen molar-refractivity contribution in [2.45, 2.75) is 19.8 Å². The van der Waals surface area contributed by atoms with Crippen LogP contribution in [0.4, 0.5) is 5.82 Å². The fourth-order valence-corrected chi connectivity index (χ4v) is 2.96. The van der Waals surface area contributed by atoms with E-state index in [0.717, 1.165) is 35.6 Å². The lowest BCUT2D eigenvalue weighted by Gasteiger charge is -2.16. The summed E-state index contributed by atoms with van der Waals surface area (Å²) in [5.74, 6) is 0.942. The Morgan fingerprint density at radius 1 is 1.10 bits per heavy atom. The molecule has 3 heterocycles. The predicted octanol–water partition coefficient (Wildman–Crippen LogP) is 3.19. The Labute approximate surface area is 122 Å². The molecule has 0 aliphatic carbocycles. The normalized spacial score (nSPS) is 15.0. The van der Waals surface area contributed by atoms with Crippen molar-refractivity contribution in [2.24, 2.45) is 0 Å². The van der Waals surface area contributed by atoms with Gasteiger partial charge in [0.1, 0.15) is 23.2 Å². The summed E-state index contributed by atoms with van der Waals surface area (Å²) in [6.07, 6.45) is 3.97. The molecule has 0 atom stereocenters. The molecular weight excluding hydrogens is 264 g/mol. The maximum Gasteiger partial charge on any atom is 0.263 e. The summed E-state index contributed by atoms with van der Waals surface area (Å²) in [4.78, 5) is 11.0. The van der Waals surface area contributed by atoms with Crippen LogP contribution in [-0.2, 0) is 0 Å². The summed E-state index contributed by atoms with van der Waals surface area (Å²) in [5.41, 5.74) is 3.64. The van der Waals surface area contributed by atoms with Crippen molar-refractivity contribution >= 4 is 16.9 Å². The second-order valence-electron chi connectivity index (χ2n) is 5.42. The van der Waals surface area contributed by atoms with Crippen molar-refractivity contribution in [3.63, 3.8) is 0 Å². The van der Waals surface area contributed by atoms with Gasteiger partial charge in [-0.2, -0.15) is 4.98 Å². The van der Waals surface area contributed by atoms with E-state index in [-0.39, 0.29) is 0 Å². The second-order valence-corrected chi connectivity index (χ2v) is 5.42. The third kappa shape index (κ3) is 1.96. The monoisotopic (exact) mass is 280 g/mol. The highest BCUT2D eigenvalue weighted by Gasteiger charge is 2.23. The molecule has 1 aromatic carbocycles. The van der Waals surface area contributed by atoms with E-state index in [4.69, 9.17) is 4.52 Å². The van der Waals surface area contributed by atoms with Crippen molar-refractivity contribution in [1.82, 2.24) is 15.1 Å². The van der Waals surface area contributed by atoms with Gasteiger partial charge in [-0.3, -0.25) is 0 Å². The minimum Gasteiger partial charge on any atom is -0.356 e. The molecule has 1 saturated heterocycles. The first-order valence-electron chi connectivity index (χ1n) is 7.26. The van der Waals surface area contributed by atoms with Crippen molar-refractivity contribution < 1.29 is 4.52 Å². The van der Waals surface area contributed by atoms with E-state index in [9.17, 15) is 0 Å². The molecule has 1 aliphatic heterocycles. The molecule has 5 nitrogen and oxygen atoms in total. The number of hydrogen-bond acceptors (Lipinski definition) is 5. The van der Waals surface area contributed by atoms with Gasteiger partial charge in [0.25, 0.3) is 5.71 Å². The van der Waals surface area contributed by atoms with Gasteiger partial charge in [0.05, 0.1) is 0 Å². The minimum absolute atomic E-state index is 0.560. The molecule has 0 unspecified atom stereocenters. The van der Waals surface area contributed by atoms with E-state index in [1.165, 1.54) is 18.4 Å². The summed E-state index contributed by atoms with van der Waals surface area (Å²) in [6.45, 7) is 4.14. The largest absolute Gasteiger partial charge is 0.356 e. The molecule has 1 aliphatic rings. The van der Waals surface area contributed by atoms with E-state index < -0.39 is 0 Å². The van der Waals surface area contributed by atoms with E-state index in [1.807, 2.05) is 12.1 Å². The summed E-state index contributed by atoms with van der Waals surface area (Å²) < 4.78 is 5.43. The third-order valence-corrected chi connectivity index (χ3v) is 4.06. The smallest absolute Gasteiger partial charge is 0.263 e. The number of aryl methyl sites for hydroxylation is 1. The van der Waals surface area contributed by atoms with Crippen LogP contribution in [0.2, 0.25) is 0 Å². The highest BCUT2D eigenvalue weighted by atomic mass is 16.5. The quantitative estimate of drug-likeness (QED) is 0.721. The van der Waals surface area contributed by atoms with Crippen LogP contribution in [0.25, 0.3) is 22.4 Å². The van der Waals surface area contributed by atoms with Crippen LogP contribution < -0.4 is 4.90 Å². The van der Waals surface area contributed by atoms with Crippen LogP contribution in [0.3, 0.4) is 0 Å². The zero-order chi connectivity index (χ0) is 14.2. The van der Waals surface area contributed by atoms with Gasteiger partial charge in [-0.05, 0) is 25.3 Å². The number of benzene rings is 1. The van der Waals surface area contributed by atoms with Gasteiger partial charge >= 0.3 is 0 Å². The van der Waals surface area contributed by atoms with Crippen LogP contribution in [0.1, 0.15) is 18.4 Å². The highest BCUT2D eigenvalue weighted by Crippen LogP contribution is 2.35. The SMILES string of the molecule is Cc1ccccc1-c1noc2ncnc(N3CCCC3)c12. The first-order valence-corrected chi connectivity index (χ1v) is 7.26. The van der Waals surface area contributed by atoms with Gasteiger partial charge in [0.15, 0.2) is 0 Å². The Morgan fingerprint density at radius 3 is 2.71 bits per heavy atom. The van der Waals surface area contributed by atoms with E-state index in [0.29, 0.717) is 5.71 Å². The van der Waals surface area contributed by atoms with Gasteiger partial charge in [-0.25, -0.2) is 4.98 Å². The maximum absolute atomic E-state index is 5.43. The lowest BCUT2D eigenvalue weighted by molar-refractivity contribution is 0.451. The Kier molecular flexibility index (Phi) is 2.84. The van der Waals surface area contributed by atoms with Crippen LogP contribution in [0.15, 0.2) is 35.1 Å². The topological polar surface area (TPSA) is 55.1 Å². The first kappa shape index (κ1) is 12.3. The highest BCUT2D eigenvalue weighted by molar-refractivity contribution is 5.98. The van der Waals surface area contributed by atoms with E-state index in [2.05, 4.69) is 39.1 Å². The molecule has 0 radical (unpaired) electrons. The molecule has 0 saturated carbocycles. The van der Waals surface area contributed by atoms with Crippen molar-refractivity contribution in [1.29, 1.82) is 0 Å². The molecule has 0 bridgehead atoms. The lowest BCUT2D eigenvalue weighted by atomic mass is 10.0. The number of aromatic nitrogens is 3. The Morgan fingerprint density at radius 2 is 1.90 bits per heavy atom. The van der Waals surface area contributed by atoms with Gasteiger partial charge in [-0.1, -0.05) is 29.4 Å². The Bertz CT molecular complexity index is 790. The van der Waals surface area contributed by atoms with Gasteiger partial charge in [0.2, 0.25) is 0 Å². The fourth-order valence-electron chi connectivity index (χ4n) is 2.96. The number of rotatable bonds is 2. The van der Waals surface area contributed by atoms with Crippen LogP contribution in [0.5, 0.6) is 0 Å². The zero-order valence-corrected chi connectivity index (χ0v) is 11.9. The molecular formula is C16H16N4O. The Hall–Kier alpha value is -2.43. The third-order valence-electron chi connectivity index (χ3n) is 4.06. The maximum atomic E-state index is 5.43. The standard InChI is InChI=1S/C16H16N4O/c1-11-6-2-3-7-12(11)14-13-15(20-8-4-5-9-20)17-10-18-16(13)21-19-14/h2-3,6-7,10H,4-5,8-9H2,1H3. The van der Waals surface area contributed by atoms with Crippen molar-refractivity contribution in [2.75, 3.05) is 18.0 Å². The summed E-state index contributed by atoms with van der Waals surface area (Å²) >= 11 is 0. The average Bonchev–Trinajstić information content (AvgIpc) is 3.17. The number of fused-ring (bicyclic) bond motifs is 1. The van der Waals surface area contributed by atoms with Gasteiger partial charge < -0.3 is 9.42 Å². The van der Waals surface area contributed by atoms with E-state index in [1.54, 1.807) is 6.33 Å².